The summed E-state index contributed by atoms with van der Waals surface area (Å²) in [6.07, 6.45) is 0.387. The molecule has 122 valence electrons. The van der Waals surface area contributed by atoms with E-state index in [1.807, 2.05) is 0 Å². The lowest BCUT2D eigenvalue weighted by atomic mass is 10.1. The van der Waals surface area contributed by atoms with E-state index in [2.05, 4.69) is 15.3 Å². The Bertz CT molecular complexity index is 1020. The smallest absolute Gasteiger partial charge is 0.411 e. The van der Waals surface area contributed by atoms with Crippen LogP contribution in [0.5, 0.6) is 0 Å². The molecular formula is C16H13N3O5. The fourth-order valence-electron chi connectivity index (χ4n) is 2.18. The number of aromatic nitrogens is 2. The molecule has 2 heterocycles. The van der Waals surface area contributed by atoms with Gasteiger partial charge in [0, 0.05) is 11.6 Å². The summed E-state index contributed by atoms with van der Waals surface area (Å²) in [5, 5.41) is 2.58. The van der Waals surface area contributed by atoms with E-state index in [0.29, 0.717) is 11.3 Å². The molecule has 3 rings (SSSR count). The van der Waals surface area contributed by atoms with Gasteiger partial charge in [-0.05, 0) is 19.1 Å². The molecule has 0 spiro atoms. The van der Waals surface area contributed by atoms with E-state index in [0.717, 1.165) is 6.20 Å². The minimum Gasteiger partial charge on any atom is -0.450 e. The molecule has 8 heteroatoms. The number of ether oxygens (including phenoxy) is 1. The van der Waals surface area contributed by atoms with Crippen LogP contribution in [0.25, 0.3) is 22.6 Å². The molecule has 0 fully saturated rings. The number of rotatable bonds is 3. The van der Waals surface area contributed by atoms with Crippen LogP contribution in [0.4, 0.5) is 10.5 Å². The average molecular weight is 327 g/mol. The van der Waals surface area contributed by atoms with Crippen molar-refractivity contribution in [3.8, 4) is 11.3 Å². The van der Waals surface area contributed by atoms with Gasteiger partial charge in [0.05, 0.1) is 18.5 Å². The van der Waals surface area contributed by atoms with E-state index in [9.17, 15) is 14.4 Å². The summed E-state index contributed by atoms with van der Waals surface area (Å²) in [5.41, 5.74) is -0.0294. The molecule has 1 amide bonds. The number of hydrogen-bond donors (Lipinski definition) is 2. The van der Waals surface area contributed by atoms with Crippen LogP contribution in [-0.4, -0.2) is 22.7 Å². The van der Waals surface area contributed by atoms with E-state index in [1.54, 1.807) is 31.2 Å². The van der Waals surface area contributed by atoms with Gasteiger partial charge in [-0.1, -0.05) is 12.1 Å². The van der Waals surface area contributed by atoms with E-state index in [-0.39, 0.29) is 23.6 Å². The highest BCUT2D eigenvalue weighted by molar-refractivity contribution is 5.90. The monoisotopic (exact) mass is 327 g/mol. The molecule has 0 bridgehead atoms. The van der Waals surface area contributed by atoms with Gasteiger partial charge in [0.1, 0.15) is 5.76 Å². The Morgan fingerprint density at radius 3 is 2.92 bits per heavy atom. The number of amides is 1. The third-order valence-corrected chi connectivity index (χ3v) is 3.17. The van der Waals surface area contributed by atoms with Crippen molar-refractivity contribution in [1.29, 1.82) is 0 Å². The van der Waals surface area contributed by atoms with Crippen LogP contribution in [0.15, 0.2) is 50.5 Å². The predicted molar refractivity (Wildman–Crippen MR) is 87.0 cm³/mol. The molecule has 0 radical (unpaired) electrons. The normalized spacial score (nSPS) is 10.5. The van der Waals surface area contributed by atoms with Gasteiger partial charge in [0.25, 0.3) is 5.56 Å². The van der Waals surface area contributed by atoms with Crippen molar-refractivity contribution in [1.82, 2.24) is 9.97 Å². The maximum absolute atomic E-state index is 12.2. The number of H-pyrrole nitrogens is 1. The highest BCUT2D eigenvalue weighted by atomic mass is 16.5. The largest absolute Gasteiger partial charge is 0.450 e. The Balaban J connectivity index is 2.12. The first kappa shape index (κ1) is 15.5. The molecule has 24 heavy (non-hydrogen) atoms. The number of fused-ring (bicyclic) bond motifs is 1. The molecule has 8 nitrogen and oxygen atoms in total. The molecule has 0 saturated carbocycles. The molecule has 2 N–H and O–H groups in total. The molecule has 0 saturated heterocycles. The van der Waals surface area contributed by atoms with Crippen LogP contribution in [0.1, 0.15) is 6.92 Å². The van der Waals surface area contributed by atoms with Gasteiger partial charge in [-0.2, -0.15) is 0 Å². The third kappa shape index (κ3) is 3.02. The van der Waals surface area contributed by atoms with Crippen molar-refractivity contribution in [3.05, 3.63) is 57.1 Å². The summed E-state index contributed by atoms with van der Waals surface area (Å²) >= 11 is 0. The molecule has 0 unspecified atom stereocenters. The van der Waals surface area contributed by atoms with E-state index in [4.69, 9.17) is 9.15 Å². The summed E-state index contributed by atoms with van der Waals surface area (Å²) in [7, 11) is 0. The summed E-state index contributed by atoms with van der Waals surface area (Å²) in [4.78, 5) is 41.4. The van der Waals surface area contributed by atoms with Crippen LogP contribution in [0.2, 0.25) is 0 Å². The maximum atomic E-state index is 12.2. The zero-order chi connectivity index (χ0) is 17.1. The van der Waals surface area contributed by atoms with Crippen molar-refractivity contribution in [2.24, 2.45) is 0 Å². The Kier molecular flexibility index (Phi) is 4.11. The lowest BCUT2D eigenvalue weighted by Crippen LogP contribution is -2.14. The first-order valence-corrected chi connectivity index (χ1v) is 7.15. The Morgan fingerprint density at radius 2 is 2.12 bits per heavy atom. The topological polar surface area (TPSA) is 114 Å². The molecule has 3 aromatic rings. The van der Waals surface area contributed by atoms with Crippen LogP contribution in [0.3, 0.4) is 0 Å². The summed E-state index contributed by atoms with van der Waals surface area (Å²) < 4.78 is 10.4. The van der Waals surface area contributed by atoms with Gasteiger partial charge >= 0.3 is 6.09 Å². The zero-order valence-corrected chi connectivity index (χ0v) is 12.7. The number of carbonyl (C=O) groups excluding carboxylic acids is 1. The zero-order valence-electron chi connectivity index (χ0n) is 12.7. The second kappa shape index (κ2) is 6.37. The molecule has 0 aliphatic rings. The molecule has 1 aromatic carbocycles. The first-order valence-electron chi connectivity index (χ1n) is 7.15. The summed E-state index contributed by atoms with van der Waals surface area (Å²) in [5.74, 6) is 0.184. The lowest BCUT2D eigenvalue weighted by Gasteiger charge is -2.10. The Morgan fingerprint density at radius 1 is 1.33 bits per heavy atom. The Hall–Kier alpha value is -3.42. The molecular weight excluding hydrogens is 314 g/mol. The van der Waals surface area contributed by atoms with Crippen LogP contribution < -0.4 is 16.3 Å². The quantitative estimate of drug-likeness (QED) is 0.761. The van der Waals surface area contributed by atoms with Crippen molar-refractivity contribution < 1.29 is 13.9 Å². The first-order chi connectivity index (χ1) is 11.6. The second-order valence-corrected chi connectivity index (χ2v) is 4.79. The molecule has 0 aliphatic heterocycles. The highest BCUT2D eigenvalue weighted by Gasteiger charge is 2.13. The van der Waals surface area contributed by atoms with Crippen molar-refractivity contribution in [2.45, 2.75) is 6.92 Å². The number of hydrogen-bond acceptors (Lipinski definition) is 6. The van der Waals surface area contributed by atoms with Crippen molar-refractivity contribution in [2.75, 3.05) is 11.9 Å². The number of para-hydroxylation sites is 1. The van der Waals surface area contributed by atoms with E-state index in [1.165, 1.54) is 6.07 Å². The fourth-order valence-corrected chi connectivity index (χ4v) is 2.18. The Labute approximate surface area is 135 Å². The van der Waals surface area contributed by atoms with Crippen molar-refractivity contribution in [3.63, 3.8) is 0 Å². The second-order valence-electron chi connectivity index (χ2n) is 4.79. The van der Waals surface area contributed by atoms with Gasteiger partial charge in [0.2, 0.25) is 11.1 Å². The summed E-state index contributed by atoms with van der Waals surface area (Å²) in [6.45, 7) is 1.92. The maximum Gasteiger partial charge on any atom is 0.411 e. The third-order valence-electron chi connectivity index (χ3n) is 3.17. The van der Waals surface area contributed by atoms with Crippen LogP contribution >= 0.6 is 0 Å². The van der Waals surface area contributed by atoms with Gasteiger partial charge < -0.3 is 9.15 Å². The van der Waals surface area contributed by atoms with Crippen molar-refractivity contribution >= 4 is 23.0 Å². The number of benzene rings is 1. The van der Waals surface area contributed by atoms with Crippen LogP contribution in [-0.2, 0) is 4.74 Å². The van der Waals surface area contributed by atoms with Gasteiger partial charge in [0.15, 0.2) is 5.52 Å². The van der Waals surface area contributed by atoms with E-state index >= 15 is 0 Å². The average Bonchev–Trinajstić information content (AvgIpc) is 2.55. The predicted octanol–water partition coefficient (Wildman–Crippen LogP) is 2.11. The van der Waals surface area contributed by atoms with Crippen LogP contribution in [0, 0.1) is 0 Å². The van der Waals surface area contributed by atoms with Gasteiger partial charge in [-0.3, -0.25) is 19.9 Å². The molecule has 0 atom stereocenters. The highest BCUT2D eigenvalue weighted by Crippen LogP contribution is 2.28. The molecule has 0 aliphatic carbocycles. The van der Waals surface area contributed by atoms with Gasteiger partial charge in [-0.15, -0.1) is 0 Å². The summed E-state index contributed by atoms with van der Waals surface area (Å²) in [6, 6.07) is 8.00. The standard InChI is InChI=1S/C16H13N3O5/c1-2-23-16(22)18-10-6-4-3-5-9(10)12-7-11(20)14-15(24-12)19-13(21)8-17-14/h3-8H,2H2,1H3,(H,18,22)(H,19,21). The number of carbonyl (C=O) groups is 1. The minimum atomic E-state index is -0.622. The molecule has 2 aromatic heterocycles. The fraction of sp³-hybridized carbons (Fsp3) is 0.125. The number of nitrogens with zero attached hydrogens (tertiary/aromatic N) is 1. The number of nitrogens with one attached hydrogen (secondary N) is 2. The lowest BCUT2D eigenvalue weighted by molar-refractivity contribution is 0.168. The SMILES string of the molecule is CCOC(=O)Nc1ccccc1-c1cc(=O)c2ncc(=O)[nH]c2o1. The number of aromatic amines is 1. The minimum absolute atomic E-state index is 0.0224. The van der Waals surface area contributed by atoms with E-state index < -0.39 is 17.1 Å². The number of anilines is 1. The van der Waals surface area contributed by atoms with Gasteiger partial charge in [-0.25, -0.2) is 9.78 Å².